The summed E-state index contributed by atoms with van der Waals surface area (Å²) in [4.78, 5) is 36.8. The maximum Gasteiger partial charge on any atom is 0.312 e. The van der Waals surface area contributed by atoms with Crippen LogP contribution in [0.15, 0.2) is 0 Å². The van der Waals surface area contributed by atoms with E-state index in [2.05, 4.69) is 13.8 Å². The van der Waals surface area contributed by atoms with Crippen molar-refractivity contribution in [3.63, 3.8) is 0 Å². The smallest absolute Gasteiger partial charge is 0.312 e. The Morgan fingerprint density at radius 1 is 0.561 bits per heavy atom. The molecule has 57 heavy (non-hydrogen) atoms. The fourth-order valence-corrected chi connectivity index (χ4v) is 19.4. The third-order valence-corrected chi connectivity index (χ3v) is 20.2. The molecule has 326 valence electrons. The monoisotopic (exact) mass is 795 g/mol. The van der Waals surface area contributed by atoms with E-state index in [1.807, 2.05) is 20.8 Å². The van der Waals surface area contributed by atoms with Crippen molar-refractivity contribution in [2.45, 2.75) is 173 Å². The predicted molar refractivity (Wildman–Crippen MR) is 229 cm³/mol. The van der Waals surface area contributed by atoms with Crippen LogP contribution >= 0.6 is 0 Å². The van der Waals surface area contributed by atoms with Gasteiger partial charge in [0.05, 0.1) is 11.3 Å². The number of esters is 2. The van der Waals surface area contributed by atoms with Crippen LogP contribution in [0, 0.1) is 130 Å². The number of hydrogen-bond donors (Lipinski definition) is 1. The molecule has 0 heterocycles. The SMILES string of the molecule is C.C.C.C.CC.CC(=O)O.CCC(C)(CC(C)C(=O)OC1CC2CC1C1C3CC(C4C5CCC(C5)C34)C21)C(=O)OC1CC2CC1C1C3CC(C4C5CCC(C5)C34)C21. The third kappa shape index (κ3) is 6.27. The van der Waals surface area contributed by atoms with Gasteiger partial charge in [-0.1, -0.05) is 57.4 Å². The summed E-state index contributed by atoms with van der Waals surface area (Å²) in [5.41, 5.74) is -0.620. The Labute approximate surface area is 348 Å². The molecule has 0 aliphatic heterocycles. The summed E-state index contributed by atoms with van der Waals surface area (Å²) < 4.78 is 13.1. The van der Waals surface area contributed by atoms with Gasteiger partial charge in [0.15, 0.2) is 0 Å². The highest BCUT2D eigenvalue weighted by Crippen LogP contribution is 2.78. The molecular formula is C51H86O6. The molecule has 24 atom stereocenters. The van der Waals surface area contributed by atoms with E-state index < -0.39 is 11.4 Å². The first-order valence-corrected chi connectivity index (χ1v) is 23.2. The van der Waals surface area contributed by atoms with E-state index in [1.165, 1.54) is 64.2 Å². The molecule has 0 aromatic carbocycles. The maximum atomic E-state index is 14.0. The van der Waals surface area contributed by atoms with Crippen LogP contribution in [-0.2, 0) is 23.9 Å². The molecule has 0 saturated heterocycles. The highest BCUT2D eigenvalue weighted by Gasteiger charge is 2.73. The number of fused-ring (bicyclic) bond motifs is 32. The van der Waals surface area contributed by atoms with E-state index in [9.17, 15) is 9.59 Å². The average molecular weight is 795 g/mol. The maximum absolute atomic E-state index is 14.0. The second kappa shape index (κ2) is 16.0. The molecule has 12 aliphatic rings. The second-order valence-corrected chi connectivity index (χ2v) is 21.7. The minimum atomic E-state index is -0.833. The first kappa shape index (κ1) is 44.9. The number of aliphatic carboxylic acids is 1. The average Bonchev–Trinajstić information content (AvgIpc) is 3.99. The summed E-state index contributed by atoms with van der Waals surface area (Å²) in [6.07, 6.45) is 18.5. The summed E-state index contributed by atoms with van der Waals surface area (Å²) in [7, 11) is 0. The molecule has 0 amide bonds. The van der Waals surface area contributed by atoms with Crippen LogP contribution in [0.5, 0.6) is 0 Å². The van der Waals surface area contributed by atoms with Crippen molar-refractivity contribution in [2.24, 2.45) is 130 Å². The van der Waals surface area contributed by atoms with E-state index in [0.717, 1.165) is 133 Å². The van der Waals surface area contributed by atoms with Gasteiger partial charge >= 0.3 is 11.9 Å². The zero-order valence-electron chi connectivity index (χ0n) is 33.7. The van der Waals surface area contributed by atoms with Crippen molar-refractivity contribution in [1.82, 2.24) is 0 Å². The first-order valence-electron chi connectivity index (χ1n) is 23.2. The molecule has 12 aliphatic carbocycles. The van der Waals surface area contributed by atoms with Crippen molar-refractivity contribution in [1.29, 1.82) is 0 Å². The molecule has 0 aromatic heterocycles. The van der Waals surface area contributed by atoms with Crippen molar-refractivity contribution >= 4 is 17.9 Å². The third-order valence-electron chi connectivity index (χ3n) is 20.2. The van der Waals surface area contributed by atoms with Gasteiger partial charge in [-0.25, -0.2) is 0 Å². The van der Waals surface area contributed by atoms with Crippen molar-refractivity contribution in [2.75, 3.05) is 0 Å². The minimum Gasteiger partial charge on any atom is -0.481 e. The lowest BCUT2D eigenvalue weighted by molar-refractivity contribution is -0.170. The Hall–Kier alpha value is -1.59. The summed E-state index contributed by atoms with van der Waals surface area (Å²) in [5, 5.41) is 7.42. The number of ether oxygens (including phenoxy) is 2. The molecular weight excluding hydrogens is 709 g/mol. The van der Waals surface area contributed by atoms with Crippen LogP contribution in [0.4, 0.5) is 0 Å². The summed E-state index contributed by atoms with van der Waals surface area (Å²) >= 11 is 0. The molecule has 0 aromatic rings. The fourth-order valence-electron chi connectivity index (χ4n) is 19.4. The summed E-state index contributed by atoms with van der Waals surface area (Å²) in [5.74, 6) is 17.4. The molecule has 12 bridgehead atoms. The van der Waals surface area contributed by atoms with Gasteiger partial charge in [-0.05, 0) is 215 Å². The number of rotatable bonds is 7. The summed E-state index contributed by atoms with van der Waals surface area (Å²) in [6, 6.07) is 0. The van der Waals surface area contributed by atoms with Gasteiger partial charge in [0, 0.05) is 6.92 Å². The Balaban J connectivity index is 0.000000520. The second-order valence-electron chi connectivity index (χ2n) is 21.7. The lowest BCUT2D eigenvalue weighted by Crippen LogP contribution is -2.46. The summed E-state index contributed by atoms with van der Waals surface area (Å²) in [6.45, 7) is 11.3. The zero-order valence-corrected chi connectivity index (χ0v) is 33.7. The molecule has 12 saturated carbocycles. The van der Waals surface area contributed by atoms with Crippen LogP contribution in [0.1, 0.15) is 161 Å². The molecule has 24 unspecified atom stereocenters. The van der Waals surface area contributed by atoms with Gasteiger partial charge in [0.25, 0.3) is 5.97 Å². The van der Waals surface area contributed by atoms with Crippen LogP contribution < -0.4 is 0 Å². The number of carbonyl (C=O) groups excluding carboxylic acids is 2. The highest BCUT2D eigenvalue weighted by atomic mass is 16.6. The number of carboxylic acids is 1. The van der Waals surface area contributed by atoms with Gasteiger partial charge in [0.1, 0.15) is 12.2 Å². The number of carboxylic acid groups (broad SMARTS) is 1. The van der Waals surface area contributed by atoms with E-state index in [1.54, 1.807) is 0 Å². The van der Waals surface area contributed by atoms with Gasteiger partial charge in [-0.15, -0.1) is 0 Å². The van der Waals surface area contributed by atoms with Crippen LogP contribution in [-0.4, -0.2) is 35.2 Å². The van der Waals surface area contributed by atoms with E-state index in [4.69, 9.17) is 19.4 Å². The topological polar surface area (TPSA) is 89.9 Å². The minimum absolute atomic E-state index is 0. The van der Waals surface area contributed by atoms with Gasteiger partial charge < -0.3 is 14.6 Å². The Kier molecular flexibility index (Phi) is 12.6. The highest BCUT2D eigenvalue weighted by molar-refractivity contribution is 5.79. The van der Waals surface area contributed by atoms with Gasteiger partial charge in [-0.3, -0.25) is 14.4 Å². The lowest BCUT2D eigenvalue weighted by Gasteiger charge is -2.47. The molecule has 12 rings (SSSR count). The normalized spacial score (nSPS) is 51.5. The molecule has 6 nitrogen and oxygen atoms in total. The van der Waals surface area contributed by atoms with Gasteiger partial charge in [-0.2, -0.15) is 0 Å². The van der Waals surface area contributed by atoms with Gasteiger partial charge in [0.2, 0.25) is 0 Å². The number of carbonyl (C=O) groups is 3. The standard InChI is InChI=1S/C43H60O4.C2H4O2.C2H6.4CH4/c1-4-43(3,42(45)47-32-14-24-12-26(32)40-30-16-28(38(24)40)34-20-6-8-22(10-20)36(30)34)17-18(2)41(44)46-31-13-23-11-25(31)39-29-15-27(37(23)39)33-19-5-7-21(9-19)35(29)33;1-2(3)4;1-2;;;;/h18-40H,4-17H2,1-3H3;1H3,(H,3,4);1-2H3;4*1H4. The van der Waals surface area contributed by atoms with E-state index in [0.29, 0.717) is 18.3 Å². The molecule has 1 N–H and O–H groups in total. The quantitative estimate of drug-likeness (QED) is 0.204. The van der Waals surface area contributed by atoms with E-state index >= 15 is 0 Å². The molecule has 0 spiro atoms. The Morgan fingerprint density at radius 2 is 0.912 bits per heavy atom. The van der Waals surface area contributed by atoms with E-state index in [-0.39, 0.29) is 59.8 Å². The fraction of sp³-hybridized carbons (Fsp3) is 0.941. The van der Waals surface area contributed by atoms with Crippen LogP contribution in [0.25, 0.3) is 0 Å². The zero-order chi connectivity index (χ0) is 36.8. The van der Waals surface area contributed by atoms with Crippen molar-refractivity contribution in [3.05, 3.63) is 0 Å². The first-order chi connectivity index (χ1) is 25.5. The molecule has 6 heteroatoms. The molecule has 0 radical (unpaired) electrons. The number of hydrogen-bond acceptors (Lipinski definition) is 5. The van der Waals surface area contributed by atoms with Crippen molar-refractivity contribution < 1.29 is 29.0 Å². The molecule has 12 fully saturated rings. The van der Waals surface area contributed by atoms with Crippen molar-refractivity contribution in [3.8, 4) is 0 Å². The van der Waals surface area contributed by atoms with Crippen LogP contribution in [0.3, 0.4) is 0 Å². The predicted octanol–water partition coefficient (Wildman–Crippen LogP) is 12.1. The Bertz CT molecular complexity index is 1490. The Morgan fingerprint density at radius 3 is 1.30 bits per heavy atom. The lowest BCUT2D eigenvalue weighted by atomic mass is 9.59. The largest absolute Gasteiger partial charge is 0.481 e. The van der Waals surface area contributed by atoms with Crippen LogP contribution in [0.2, 0.25) is 0 Å².